The zero-order valence-corrected chi connectivity index (χ0v) is 16.9. The number of amides is 3. The van der Waals surface area contributed by atoms with Crippen molar-refractivity contribution >= 4 is 17.6 Å². The summed E-state index contributed by atoms with van der Waals surface area (Å²) < 4.78 is 0. The first-order valence-corrected chi connectivity index (χ1v) is 9.89. The van der Waals surface area contributed by atoms with E-state index in [9.17, 15) is 9.59 Å². The number of nitrogens with zero attached hydrogens (tertiary/aromatic N) is 1. The molecule has 0 atom stereocenters. The normalized spacial score (nSPS) is 13.9. The number of hydrogen-bond donors (Lipinski definition) is 2. The molecule has 0 aromatic heterocycles. The maximum atomic E-state index is 12.4. The number of urea groups is 1. The minimum atomic E-state index is -0.0641. The van der Waals surface area contributed by atoms with E-state index in [1.54, 1.807) is 0 Å². The largest absolute Gasteiger partial charge is 0.354 e. The van der Waals surface area contributed by atoms with Crippen molar-refractivity contribution in [1.82, 2.24) is 10.2 Å². The van der Waals surface area contributed by atoms with Gasteiger partial charge in [0.15, 0.2) is 0 Å². The Labute approximate surface area is 167 Å². The van der Waals surface area contributed by atoms with Crippen molar-refractivity contribution in [2.75, 3.05) is 18.4 Å². The van der Waals surface area contributed by atoms with Crippen molar-refractivity contribution in [3.8, 4) is 0 Å². The van der Waals surface area contributed by atoms with Crippen LogP contribution in [0.5, 0.6) is 0 Å². The van der Waals surface area contributed by atoms with Crippen LogP contribution in [-0.4, -0.2) is 36.0 Å². The van der Waals surface area contributed by atoms with Crippen LogP contribution in [0.15, 0.2) is 48.5 Å². The highest BCUT2D eigenvalue weighted by Gasteiger charge is 2.30. The zero-order chi connectivity index (χ0) is 20.1. The minimum Gasteiger partial charge on any atom is -0.354 e. The van der Waals surface area contributed by atoms with E-state index < -0.39 is 0 Å². The molecule has 1 aliphatic rings. The molecule has 28 heavy (non-hydrogen) atoms. The molecule has 0 unspecified atom stereocenters. The van der Waals surface area contributed by atoms with Crippen molar-refractivity contribution in [3.05, 3.63) is 65.2 Å². The van der Waals surface area contributed by atoms with Crippen LogP contribution >= 0.6 is 0 Å². The van der Waals surface area contributed by atoms with Gasteiger partial charge in [0.1, 0.15) is 0 Å². The zero-order valence-electron chi connectivity index (χ0n) is 16.9. The molecule has 0 saturated carbocycles. The summed E-state index contributed by atoms with van der Waals surface area (Å²) in [6, 6.07) is 16.1. The summed E-state index contributed by atoms with van der Waals surface area (Å²) in [5.41, 5.74) is 4.29. The molecule has 2 aromatic rings. The average molecular weight is 380 g/mol. The maximum absolute atomic E-state index is 12.4. The number of hydrogen-bond acceptors (Lipinski definition) is 2. The molecule has 3 amide bonds. The van der Waals surface area contributed by atoms with Gasteiger partial charge in [-0.15, -0.1) is 0 Å². The molecule has 3 rings (SSSR count). The first-order chi connectivity index (χ1) is 13.4. The van der Waals surface area contributed by atoms with Crippen LogP contribution in [0.3, 0.4) is 0 Å². The van der Waals surface area contributed by atoms with Gasteiger partial charge in [0.05, 0.1) is 6.42 Å². The Morgan fingerprint density at radius 3 is 2.43 bits per heavy atom. The second kappa shape index (κ2) is 8.91. The average Bonchev–Trinajstić information content (AvgIpc) is 2.58. The molecule has 2 aromatic carbocycles. The van der Waals surface area contributed by atoms with Gasteiger partial charge in [-0.1, -0.05) is 42.0 Å². The van der Waals surface area contributed by atoms with E-state index in [0.717, 1.165) is 30.8 Å². The minimum absolute atomic E-state index is 0.00650. The number of nitrogens with one attached hydrogen (secondary N) is 2. The van der Waals surface area contributed by atoms with Gasteiger partial charge >= 0.3 is 6.03 Å². The molecule has 0 spiro atoms. The van der Waals surface area contributed by atoms with Gasteiger partial charge in [-0.05, 0) is 56.4 Å². The van der Waals surface area contributed by atoms with Gasteiger partial charge in [-0.3, -0.25) is 4.79 Å². The van der Waals surface area contributed by atoms with Crippen molar-refractivity contribution in [3.63, 3.8) is 0 Å². The molecule has 1 saturated heterocycles. The lowest BCUT2D eigenvalue weighted by Crippen LogP contribution is -2.52. The highest BCUT2D eigenvalue weighted by molar-refractivity contribution is 5.90. The summed E-state index contributed by atoms with van der Waals surface area (Å²) in [5, 5.41) is 5.81. The number of anilines is 1. The summed E-state index contributed by atoms with van der Waals surface area (Å²) in [5.74, 6) is 0.529. The van der Waals surface area contributed by atoms with Crippen molar-refractivity contribution in [1.29, 1.82) is 0 Å². The lowest BCUT2D eigenvalue weighted by atomic mass is 9.92. The van der Waals surface area contributed by atoms with E-state index in [1.807, 2.05) is 43.0 Å². The van der Waals surface area contributed by atoms with Crippen LogP contribution in [0.25, 0.3) is 0 Å². The van der Waals surface area contributed by atoms with Crippen LogP contribution in [0.1, 0.15) is 30.5 Å². The number of likely N-dealkylation sites (tertiary alicyclic amines) is 1. The summed E-state index contributed by atoms with van der Waals surface area (Å²) in [7, 11) is 0. The Balaban J connectivity index is 1.43. The third-order valence-corrected chi connectivity index (χ3v) is 4.87. The first kappa shape index (κ1) is 19.9. The van der Waals surface area contributed by atoms with Gasteiger partial charge < -0.3 is 15.5 Å². The van der Waals surface area contributed by atoms with Crippen LogP contribution in [-0.2, 0) is 17.6 Å². The molecule has 5 heteroatoms. The predicted molar refractivity (Wildman–Crippen MR) is 112 cm³/mol. The molecular formula is C23H29N3O2. The molecule has 5 nitrogen and oxygen atoms in total. The van der Waals surface area contributed by atoms with Gasteiger partial charge in [0.25, 0.3) is 0 Å². The lowest BCUT2D eigenvalue weighted by molar-refractivity contribution is -0.120. The summed E-state index contributed by atoms with van der Waals surface area (Å²) in [6.07, 6.45) is 1.36. The molecule has 1 heterocycles. The predicted octanol–water partition coefficient (Wildman–Crippen LogP) is 3.77. The molecule has 1 fully saturated rings. The van der Waals surface area contributed by atoms with Gasteiger partial charge in [-0.2, -0.15) is 0 Å². The molecule has 148 valence electrons. The van der Waals surface area contributed by atoms with Crippen LogP contribution < -0.4 is 10.6 Å². The Bertz CT molecular complexity index is 824. The lowest BCUT2D eigenvalue weighted by Gasteiger charge is -2.39. The van der Waals surface area contributed by atoms with Gasteiger partial charge in [-0.25, -0.2) is 4.79 Å². The quantitative estimate of drug-likeness (QED) is 0.803. The number of rotatable bonds is 6. The summed E-state index contributed by atoms with van der Waals surface area (Å²) in [4.78, 5) is 26.0. The van der Waals surface area contributed by atoms with E-state index in [4.69, 9.17) is 0 Å². The standard InChI is InChI=1S/C23H29N3O2/c1-16(2)24-22(27)13-18-7-9-21(10-8-18)25-23(28)26-14-20(15-26)12-19-6-4-5-17(3)11-19/h4-11,16,20H,12-15H2,1-3H3,(H,24,27)(H,25,28). The fourth-order valence-corrected chi connectivity index (χ4v) is 3.50. The number of carbonyl (C=O) groups is 2. The van der Waals surface area contributed by atoms with Gasteiger partial charge in [0, 0.05) is 24.8 Å². The van der Waals surface area contributed by atoms with E-state index >= 15 is 0 Å². The fourth-order valence-electron chi connectivity index (χ4n) is 3.50. The van der Waals surface area contributed by atoms with Crippen LogP contribution in [0.2, 0.25) is 0 Å². The summed E-state index contributed by atoms with van der Waals surface area (Å²) >= 11 is 0. The fraction of sp³-hybridized carbons (Fsp3) is 0.391. The molecule has 0 radical (unpaired) electrons. The van der Waals surface area contributed by atoms with E-state index in [2.05, 4.69) is 41.8 Å². The third kappa shape index (κ3) is 5.59. The summed E-state index contributed by atoms with van der Waals surface area (Å²) in [6.45, 7) is 7.56. The Morgan fingerprint density at radius 1 is 1.07 bits per heavy atom. The Hall–Kier alpha value is -2.82. The van der Waals surface area contributed by atoms with E-state index in [-0.39, 0.29) is 18.0 Å². The van der Waals surface area contributed by atoms with Crippen molar-refractivity contribution in [2.45, 2.75) is 39.7 Å². The monoisotopic (exact) mass is 379 g/mol. The van der Waals surface area contributed by atoms with E-state index in [0.29, 0.717) is 12.3 Å². The van der Waals surface area contributed by atoms with Gasteiger partial charge in [0.2, 0.25) is 5.91 Å². The smallest absolute Gasteiger partial charge is 0.321 e. The number of carbonyl (C=O) groups excluding carboxylic acids is 2. The van der Waals surface area contributed by atoms with Crippen LogP contribution in [0.4, 0.5) is 10.5 Å². The number of aryl methyl sites for hydroxylation is 1. The topological polar surface area (TPSA) is 61.4 Å². The van der Waals surface area contributed by atoms with Crippen molar-refractivity contribution < 1.29 is 9.59 Å². The third-order valence-electron chi connectivity index (χ3n) is 4.87. The van der Waals surface area contributed by atoms with E-state index in [1.165, 1.54) is 11.1 Å². The Morgan fingerprint density at radius 2 is 1.79 bits per heavy atom. The number of benzene rings is 2. The molecule has 2 N–H and O–H groups in total. The highest BCUT2D eigenvalue weighted by Crippen LogP contribution is 2.22. The Kier molecular flexibility index (Phi) is 6.34. The maximum Gasteiger partial charge on any atom is 0.321 e. The first-order valence-electron chi connectivity index (χ1n) is 9.89. The molecule has 0 bridgehead atoms. The SMILES string of the molecule is Cc1cccc(CC2CN(C(=O)Nc3ccc(CC(=O)NC(C)C)cc3)C2)c1. The molecule has 1 aliphatic heterocycles. The molecule has 0 aliphatic carbocycles. The molecular weight excluding hydrogens is 350 g/mol. The second-order valence-electron chi connectivity index (χ2n) is 7.99. The highest BCUT2D eigenvalue weighted by atomic mass is 16.2. The van der Waals surface area contributed by atoms with Crippen LogP contribution in [0, 0.1) is 12.8 Å². The van der Waals surface area contributed by atoms with Crippen molar-refractivity contribution in [2.24, 2.45) is 5.92 Å². The second-order valence-corrected chi connectivity index (χ2v) is 7.99.